The molecule has 1 aromatic rings. The molecule has 1 aromatic carbocycles. The van der Waals surface area contributed by atoms with Gasteiger partial charge < -0.3 is 14.2 Å². The molecule has 0 aliphatic carbocycles. The molecule has 1 rings (SSSR count). The van der Waals surface area contributed by atoms with Crippen molar-refractivity contribution >= 4 is 17.6 Å². The molecule has 0 aliphatic heterocycles. The van der Waals surface area contributed by atoms with Gasteiger partial charge in [0, 0.05) is 25.2 Å². The number of carbonyl (C=O) groups excluding carboxylic acids is 1. The second kappa shape index (κ2) is 11.0. The summed E-state index contributed by atoms with van der Waals surface area (Å²) in [4.78, 5) is 12.1. The molecule has 1 unspecified atom stereocenters. The molecular weight excluding hydrogens is 380 g/mol. The number of methoxy groups -OCH3 is 2. The standard InChI is InChI=1S/C21H27ClN2O4/c1-21(2,3)28-19(25)15-10-9-14(18(22)11-15)7-6-8-17(16(12-23)13-24)20(26-4)27-5/h9-11,16-17,20H,6-8H2,1-5H3. The lowest BCUT2D eigenvalue weighted by Crippen LogP contribution is -2.30. The average Bonchev–Trinajstić information content (AvgIpc) is 2.63. The van der Waals surface area contributed by atoms with Gasteiger partial charge in [0.1, 0.15) is 11.5 Å². The van der Waals surface area contributed by atoms with Crippen molar-refractivity contribution in [2.75, 3.05) is 14.2 Å². The minimum Gasteiger partial charge on any atom is -0.456 e. The first-order valence-corrected chi connectivity index (χ1v) is 9.41. The highest BCUT2D eigenvalue weighted by molar-refractivity contribution is 6.31. The summed E-state index contributed by atoms with van der Waals surface area (Å²) in [5, 5.41) is 18.9. The van der Waals surface area contributed by atoms with Gasteiger partial charge in [0.2, 0.25) is 0 Å². The van der Waals surface area contributed by atoms with E-state index in [9.17, 15) is 15.3 Å². The minimum absolute atomic E-state index is 0.371. The number of nitrogens with zero attached hydrogens (tertiary/aromatic N) is 2. The maximum absolute atomic E-state index is 12.1. The Labute approximate surface area is 171 Å². The number of hydrogen-bond donors (Lipinski definition) is 0. The van der Waals surface area contributed by atoms with Crippen LogP contribution in [0.1, 0.15) is 49.5 Å². The number of nitriles is 2. The van der Waals surface area contributed by atoms with Crippen molar-refractivity contribution < 1.29 is 19.0 Å². The van der Waals surface area contributed by atoms with Crippen LogP contribution in [0.15, 0.2) is 18.2 Å². The number of carbonyl (C=O) groups is 1. The molecule has 0 bridgehead atoms. The molecule has 7 heteroatoms. The Hall–Kier alpha value is -2.12. The number of esters is 1. The van der Waals surface area contributed by atoms with Crippen LogP contribution in [0.2, 0.25) is 5.02 Å². The normalized spacial score (nSPS) is 12.5. The van der Waals surface area contributed by atoms with E-state index in [1.54, 1.807) is 39.0 Å². The lowest BCUT2D eigenvalue weighted by Gasteiger charge is -2.25. The van der Waals surface area contributed by atoms with Crippen LogP contribution < -0.4 is 0 Å². The minimum atomic E-state index is -0.824. The van der Waals surface area contributed by atoms with E-state index in [-0.39, 0.29) is 5.92 Å². The molecule has 152 valence electrons. The first-order valence-electron chi connectivity index (χ1n) is 9.03. The fraction of sp³-hybridized carbons (Fsp3) is 0.571. The summed E-state index contributed by atoms with van der Waals surface area (Å²) >= 11 is 6.33. The molecule has 0 radical (unpaired) electrons. The summed E-state index contributed by atoms with van der Waals surface area (Å²) in [6.07, 6.45) is 1.24. The highest BCUT2D eigenvalue weighted by Crippen LogP contribution is 2.27. The third kappa shape index (κ3) is 7.13. The summed E-state index contributed by atoms with van der Waals surface area (Å²) in [5.74, 6) is -1.62. The van der Waals surface area contributed by atoms with Crippen LogP contribution in [0.3, 0.4) is 0 Å². The van der Waals surface area contributed by atoms with Crippen molar-refractivity contribution in [1.82, 2.24) is 0 Å². The summed E-state index contributed by atoms with van der Waals surface area (Å²) in [6, 6.07) is 9.09. The molecule has 0 saturated carbocycles. The monoisotopic (exact) mass is 406 g/mol. The smallest absolute Gasteiger partial charge is 0.338 e. The van der Waals surface area contributed by atoms with Gasteiger partial charge in [0.25, 0.3) is 0 Å². The largest absolute Gasteiger partial charge is 0.456 e. The van der Waals surface area contributed by atoms with Crippen molar-refractivity contribution in [2.45, 2.75) is 51.9 Å². The fourth-order valence-electron chi connectivity index (χ4n) is 2.87. The predicted octanol–water partition coefficient (Wildman–Crippen LogP) is 4.52. The first-order chi connectivity index (χ1) is 13.2. The van der Waals surface area contributed by atoms with Crippen LogP contribution in [-0.4, -0.2) is 32.1 Å². The van der Waals surface area contributed by atoms with Gasteiger partial charge in [-0.1, -0.05) is 17.7 Å². The SMILES string of the molecule is COC(OC)C(CCCc1ccc(C(=O)OC(C)(C)C)cc1Cl)C(C#N)C#N. The van der Waals surface area contributed by atoms with Crippen LogP contribution in [0.5, 0.6) is 0 Å². The van der Waals surface area contributed by atoms with Gasteiger partial charge in [0.15, 0.2) is 6.29 Å². The molecule has 6 nitrogen and oxygen atoms in total. The Balaban J connectivity index is 2.80. The van der Waals surface area contributed by atoms with Gasteiger partial charge in [-0.25, -0.2) is 4.79 Å². The average molecular weight is 407 g/mol. The topological polar surface area (TPSA) is 92.3 Å². The fourth-order valence-corrected chi connectivity index (χ4v) is 3.14. The van der Waals surface area contributed by atoms with Crippen LogP contribution in [0.4, 0.5) is 0 Å². The molecule has 0 heterocycles. The molecule has 0 saturated heterocycles. The van der Waals surface area contributed by atoms with E-state index in [1.165, 1.54) is 14.2 Å². The third-order valence-electron chi connectivity index (χ3n) is 4.19. The van der Waals surface area contributed by atoms with E-state index in [2.05, 4.69) is 0 Å². The van der Waals surface area contributed by atoms with E-state index in [1.807, 2.05) is 12.1 Å². The van der Waals surface area contributed by atoms with Crippen molar-refractivity contribution in [3.63, 3.8) is 0 Å². The molecule has 0 aliphatic rings. The lowest BCUT2D eigenvalue weighted by molar-refractivity contribution is -0.143. The maximum atomic E-state index is 12.1. The maximum Gasteiger partial charge on any atom is 0.338 e. The zero-order valence-corrected chi connectivity index (χ0v) is 17.7. The van der Waals surface area contributed by atoms with Gasteiger partial charge in [-0.3, -0.25) is 0 Å². The van der Waals surface area contributed by atoms with Crippen LogP contribution >= 0.6 is 11.6 Å². The highest BCUT2D eigenvalue weighted by Gasteiger charge is 2.29. The van der Waals surface area contributed by atoms with E-state index in [4.69, 9.17) is 25.8 Å². The molecule has 28 heavy (non-hydrogen) atoms. The van der Waals surface area contributed by atoms with Crippen molar-refractivity contribution in [3.8, 4) is 12.1 Å². The van der Waals surface area contributed by atoms with Crippen molar-refractivity contribution in [3.05, 3.63) is 34.3 Å². The second-order valence-electron chi connectivity index (χ2n) is 7.44. The van der Waals surface area contributed by atoms with Crippen LogP contribution in [0, 0.1) is 34.5 Å². The van der Waals surface area contributed by atoms with E-state index in [0.717, 1.165) is 5.56 Å². The molecule has 0 spiro atoms. The summed E-state index contributed by atoms with van der Waals surface area (Å²) in [5.41, 5.74) is 0.702. The lowest BCUT2D eigenvalue weighted by atomic mass is 9.88. The zero-order valence-electron chi connectivity index (χ0n) is 17.0. The van der Waals surface area contributed by atoms with Gasteiger partial charge >= 0.3 is 5.97 Å². The Morgan fingerprint density at radius 2 is 1.79 bits per heavy atom. The number of benzene rings is 1. The quantitative estimate of drug-likeness (QED) is 0.442. The Kier molecular flexibility index (Phi) is 9.41. The molecule has 0 N–H and O–H groups in total. The van der Waals surface area contributed by atoms with Crippen molar-refractivity contribution in [2.24, 2.45) is 11.8 Å². The molecule has 1 atom stereocenters. The summed E-state index contributed by atoms with van der Waals surface area (Å²) in [6.45, 7) is 5.42. The van der Waals surface area contributed by atoms with Gasteiger partial charge in [0.05, 0.1) is 17.7 Å². The van der Waals surface area contributed by atoms with E-state index in [0.29, 0.717) is 29.8 Å². The van der Waals surface area contributed by atoms with E-state index < -0.39 is 23.8 Å². The van der Waals surface area contributed by atoms with Crippen LogP contribution in [0.25, 0.3) is 0 Å². The highest BCUT2D eigenvalue weighted by atomic mass is 35.5. The van der Waals surface area contributed by atoms with Gasteiger partial charge in [-0.2, -0.15) is 10.5 Å². The second-order valence-corrected chi connectivity index (χ2v) is 7.85. The number of halogens is 1. The molecule has 0 amide bonds. The van der Waals surface area contributed by atoms with Gasteiger partial charge in [-0.15, -0.1) is 0 Å². The van der Waals surface area contributed by atoms with Crippen LogP contribution in [-0.2, 0) is 20.6 Å². The summed E-state index contributed by atoms with van der Waals surface area (Å²) < 4.78 is 15.9. The number of ether oxygens (including phenoxy) is 3. The third-order valence-corrected chi connectivity index (χ3v) is 4.54. The Morgan fingerprint density at radius 3 is 2.25 bits per heavy atom. The first kappa shape index (κ1) is 23.9. The Morgan fingerprint density at radius 1 is 1.18 bits per heavy atom. The van der Waals surface area contributed by atoms with Crippen molar-refractivity contribution in [1.29, 1.82) is 10.5 Å². The van der Waals surface area contributed by atoms with Gasteiger partial charge in [-0.05, 0) is 57.7 Å². The number of rotatable bonds is 9. The number of hydrogen-bond acceptors (Lipinski definition) is 6. The summed E-state index contributed by atoms with van der Waals surface area (Å²) in [7, 11) is 2.97. The van der Waals surface area contributed by atoms with E-state index >= 15 is 0 Å². The molecular formula is C21H27ClN2O4. The predicted molar refractivity (Wildman–Crippen MR) is 106 cm³/mol. The molecule has 0 aromatic heterocycles. The Bertz CT molecular complexity index is 728. The number of aryl methyl sites for hydroxylation is 1. The zero-order chi connectivity index (χ0) is 21.3. The molecule has 0 fully saturated rings.